The average molecular weight is 209 g/mol. The van der Waals surface area contributed by atoms with Crippen LogP contribution in [0.25, 0.3) is 0 Å². The second kappa shape index (κ2) is 3.41. The molecule has 0 bridgehead atoms. The molecule has 1 aromatic rings. The Morgan fingerprint density at radius 2 is 2.27 bits per heavy atom. The summed E-state index contributed by atoms with van der Waals surface area (Å²) in [5.41, 5.74) is 0. The van der Waals surface area contributed by atoms with Crippen LogP contribution in [0.2, 0.25) is 0 Å². The lowest BCUT2D eigenvalue weighted by Gasteiger charge is -2.19. The fourth-order valence-corrected chi connectivity index (χ4v) is 1.68. The minimum Gasteiger partial charge on any atom is -0.274 e. The molecule has 1 fully saturated rings. The number of aromatic amines is 1. The molecule has 15 heavy (non-hydrogen) atoms. The molecule has 0 spiro atoms. The van der Waals surface area contributed by atoms with Crippen LogP contribution in [0.15, 0.2) is 0 Å². The highest BCUT2D eigenvalue weighted by Gasteiger charge is 2.40. The van der Waals surface area contributed by atoms with Crippen molar-refractivity contribution in [3.63, 3.8) is 0 Å². The molecule has 1 aliphatic rings. The van der Waals surface area contributed by atoms with Crippen LogP contribution in [0.5, 0.6) is 0 Å². The Balaban J connectivity index is 2.24. The second-order valence-electron chi connectivity index (χ2n) is 3.65. The van der Waals surface area contributed by atoms with Gasteiger partial charge in [0.1, 0.15) is 6.04 Å². The second-order valence-corrected chi connectivity index (χ2v) is 3.65. The van der Waals surface area contributed by atoms with Crippen molar-refractivity contribution in [2.45, 2.75) is 26.3 Å². The molecule has 2 unspecified atom stereocenters. The van der Waals surface area contributed by atoms with Crippen LogP contribution < -0.4 is 0 Å². The molecule has 2 amide bonds. The van der Waals surface area contributed by atoms with Gasteiger partial charge in [-0.3, -0.25) is 14.5 Å². The van der Waals surface area contributed by atoms with Crippen LogP contribution in [-0.2, 0) is 9.59 Å². The molecule has 1 saturated heterocycles. The lowest BCUT2D eigenvalue weighted by molar-refractivity contribution is -0.141. The number of nitrogens with one attached hydrogen (secondary N) is 1. The number of tetrazole rings is 1. The van der Waals surface area contributed by atoms with Gasteiger partial charge in [-0.1, -0.05) is 12.1 Å². The van der Waals surface area contributed by atoms with E-state index in [1.54, 1.807) is 13.8 Å². The van der Waals surface area contributed by atoms with E-state index >= 15 is 0 Å². The summed E-state index contributed by atoms with van der Waals surface area (Å²) in [6.07, 6.45) is 0.265. The van der Waals surface area contributed by atoms with Crippen LogP contribution in [0, 0.1) is 5.92 Å². The van der Waals surface area contributed by atoms with Crippen molar-refractivity contribution >= 4 is 11.8 Å². The number of imide groups is 1. The smallest absolute Gasteiger partial charge is 0.233 e. The molecule has 7 heteroatoms. The number of hydrogen-bond donors (Lipinski definition) is 1. The van der Waals surface area contributed by atoms with Crippen molar-refractivity contribution in [1.29, 1.82) is 0 Å². The summed E-state index contributed by atoms with van der Waals surface area (Å²) in [7, 11) is 0. The van der Waals surface area contributed by atoms with E-state index in [1.807, 2.05) is 0 Å². The highest BCUT2D eigenvalue weighted by Crippen LogP contribution is 2.27. The molecule has 80 valence electrons. The van der Waals surface area contributed by atoms with Crippen LogP contribution in [0.4, 0.5) is 0 Å². The van der Waals surface area contributed by atoms with Crippen molar-refractivity contribution in [3.8, 4) is 0 Å². The predicted octanol–water partition coefficient (Wildman–Crippen LogP) is -0.344. The Labute approximate surface area is 85.8 Å². The van der Waals surface area contributed by atoms with E-state index in [9.17, 15) is 9.59 Å². The van der Waals surface area contributed by atoms with Crippen molar-refractivity contribution in [2.75, 3.05) is 0 Å². The van der Waals surface area contributed by atoms with Gasteiger partial charge in [0.15, 0.2) is 5.82 Å². The Morgan fingerprint density at radius 3 is 2.73 bits per heavy atom. The van der Waals surface area contributed by atoms with Gasteiger partial charge in [0, 0.05) is 12.3 Å². The monoisotopic (exact) mass is 209 g/mol. The van der Waals surface area contributed by atoms with Gasteiger partial charge in [-0.2, -0.15) is 5.21 Å². The maximum absolute atomic E-state index is 11.7. The van der Waals surface area contributed by atoms with E-state index in [-0.39, 0.29) is 24.2 Å². The van der Waals surface area contributed by atoms with Gasteiger partial charge in [0.2, 0.25) is 11.8 Å². The number of nitrogens with zero attached hydrogens (tertiary/aromatic N) is 4. The Kier molecular flexibility index (Phi) is 2.22. The first-order valence-electron chi connectivity index (χ1n) is 4.70. The molecule has 1 aromatic heterocycles. The quantitative estimate of drug-likeness (QED) is 0.672. The van der Waals surface area contributed by atoms with E-state index in [0.29, 0.717) is 5.82 Å². The Hall–Kier alpha value is -1.79. The van der Waals surface area contributed by atoms with Gasteiger partial charge in [-0.05, 0) is 6.92 Å². The minimum absolute atomic E-state index is 0.169. The molecule has 2 rings (SSSR count). The normalized spacial score (nSPS) is 23.6. The molecular weight excluding hydrogens is 198 g/mol. The third kappa shape index (κ3) is 1.49. The first-order valence-corrected chi connectivity index (χ1v) is 4.70. The molecule has 1 N–H and O–H groups in total. The largest absolute Gasteiger partial charge is 0.274 e. The average Bonchev–Trinajstić information content (AvgIpc) is 2.76. The zero-order chi connectivity index (χ0) is 11.0. The van der Waals surface area contributed by atoms with E-state index in [1.165, 1.54) is 4.90 Å². The van der Waals surface area contributed by atoms with Crippen LogP contribution >= 0.6 is 0 Å². The molecule has 2 heterocycles. The van der Waals surface area contributed by atoms with Crippen LogP contribution in [-0.4, -0.2) is 37.3 Å². The first kappa shape index (κ1) is 9.75. The van der Waals surface area contributed by atoms with E-state index in [2.05, 4.69) is 20.6 Å². The van der Waals surface area contributed by atoms with Gasteiger partial charge in [0.25, 0.3) is 0 Å². The third-order valence-electron chi connectivity index (χ3n) is 2.53. The maximum atomic E-state index is 11.7. The SMILES string of the molecule is CC1CC(=O)N(C(C)c2nn[nH]n2)C1=O. The molecule has 0 aliphatic carbocycles. The molecular formula is C8H11N5O2. The Bertz CT molecular complexity index is 388. The summed E-state index contributed by atoms with van der Waals surface area (Å²) in [5, 5.41) is 13.2. The summed E-state index contributed by atoms with van der Waals surface area (Å²) in [6.45, 7) is 3.45. The lowest BCUT2D eigenvalue weighted by atomic mass is 10.1. The van der Waals surface area contributed by atoms with Gasteiger partial charge >= 0.3 is 0 Å². The topological polar surface area (TPSA) is 91.8 Å². The number of likely N-dealkylation sites (tertiary alicyclic amines) is 1. The van der Waals surface area contributed by atoms with Crippen molar-refractivity contribution in [3.05, 3.63) is 5.82 Å². The number of carbonyl (C=O) groups excluding carboxylic acids is 2. The summed E-state index contributed by atoms with van der Waals surface area (Å²) >= 11 is 0. The number of hydrogen-bond acceptors (Lipinski definition) is 5. The summed E-state index contributed by atoms with van der Waals surface area (Å²) in [6, 6.07) is -0.450. The number of rotatable bonds is 2. The highest BCUT2D eigenvalue weighted by atomic mass is 16.2. The first-order chi connectivity index (χ1) is 7.11. The lowest BCUT2D eigenvalue weighted by Crippen LogP contribution is -2.33. The van der Waals surface area contributed by atoms with Crippen molar-refractivity contribution < 1.29 is 9.59 Å². The van der Waals surface area contributed by atoms with Gasteiger partial charge in [0.05, 0.1) is 0 Å². The van der Waals surface area contributed by atoms with Crippen molar-refractivity contribution in [1.82, 2.24) is 25.5 Å². The minimum atomic E-state index is -0.450. The number of carbonyl (C=O) groups is 2. The highest BCUT2D eigenvalue weighted by molar-refractivity contribution is 6.03. The van der Waals surface area contributed by atoms with Gasteiger partial charge in [-0.15, -0.1) is 10.2 Å². The van der Waals surface area contributed by atoms with Gasteiger partial charge in [-0.25, -0.2) is 0 Å². The zero-order valence-electron chi connectivity index (χ0n) is 8.47. The molecule has 1 aliphatic heterocycles. The number of H-pyrrole nitrogens is 1. The van der Waals surface area contributed by atoms with Crippen LogP contribution in [0.1, 0.15) is 32.1 Å². The van der Waals surface area contributed by atoms with Crippen molar-refractivity contribution in [2.24, 2.45) is 5.92 Å². The standard InChI is InChI=1S/C8H11N5O2/c1-4-3-6(14)13(8(4)15)5(2)7-9-11-12-10-7/h4-5H,3H2,1-2H3,(H,9,10,11,12). The zero-order valence-corrected chi connectivity index (χ0v) is 8.47. The molecule has 2 atom stereocenters. The third-order valence-corrected chi connectivity index (χ3v) is 2.53. The molecule has 7 nitrogen and oxygen atoms in total. The molecule has 0 saturated carbocycles. The summed E-state index contributed by atoms with van der Waals surface area (Å²) in [4.78, 5) is 24.4. The van der Waals surface area contributed by atoms with E-state index in [4.69, 9.17) is 0 Å². The van der Waals surface area contributed by atoms with Crippen LogP contribution in [0.3, 0.4) is 0 Å². The summed E-state index contributed by atoms with van der Waals surface area (Å²) < 4.78 is 0. The Morgan fingerprint density at radius 1 is 1.53 bits per heavy atom. The molecule has 0 aromatic carbocycles. The maximum Gasteiger partial charge on any atom is 0.233 e. The van der Waals surface area contributed by atoms with E-state index < -0.39 is 6.04 Å². The molecule has 0 radical (unpaired) electrons. The van der Waals surface area contributed by atoms with Gasteiger partial charge < -0.3 is 0 Å². The fraction of sp³-hybridized carbons (Fsp3) is 0.625. The fourth-order valence-electron chi connectivity index (χ4n) is 1.68. The summed E-state index contributed by atoms with van der Waals surface area (Å²) in [5.74, 6) is -0.236. The van der Waals surface area contributed by atoms with E-state index in [0.717, 1.165) is 0 Å². The predicted molar refractivity (Wildman–Crippen MR) is 48.2 cm³/mol. The number of aromatic nitrogens is 4. The number of amides is 2.